The Labute approximate surface area is 212 Å². The van der Waals surface area contributed by atoms with Gasteiger partial charge in [-0.2, -0.15) is 8.42 Å². The van der Waals surface area contributed by atoms with Crippen molar-refractivity contribution in [1.82, 2.24) is 19.5 Å². The molecule has 0 saturated carbocycles. The van der Waals surface area contributed by atoms with Crippen molar-refractivity contribution in [2.24, 2.45) is 0 Å². The van der Waals surface area contributed by atoms with Crippen molar-refractivity contribution in [3.63, 3.8) is 0 Å². The molecule has 0 aliphatic carbocycles. The fourth-order valence-electron chi connectivity index (χ4n) is 3.34. The van der Waals surface area contributed by atoms with Crippen LogP contribution in [0.1, 0.15) is 78.1 Å². The molecule has 208 valence electrons. The van der Waals surface area contributed by atoms with Gasteiger partial charge in [-0.3, -0.25) is 9.12 Å². The summed E-state index contributed by atoms with van der Waals surface area (Å²) in [6.07, 6.45) is 13.7. The van der Waals surface area contributed by atoms with E-state index in [-0.39, 0.29) is 12.4 Å². The van der Waals surface area contributed by atoms with Crippen LogP contribution in [0.3, 0.4) is 0 Å². The summed E-state index contributed by atoms with van der Waals surface area (Å²) in [5, 5.41) is 0. The Balaban J connectivity index is 0.000000363. The van der Waals surface area contributed by atoms with Crippen LogP contribution in [-0.4, -0.2) is 61.3 Å². The summed E-state index contributed by atoms with van der Waals surface area (Å²) in [7, 11) is -8.39. The highest BCUT2D eigenvalue weighted by molar-refractivity contribution is 7.80. The van der Waals surface area contributed by atoms with Gasteiger partial charge >= 0.3 is 18.0 Å². The van der Waals surface area contributed by atoms with Crippen LogP contribution in [0.2, 0.25) is 0 Å². The number of nitrogen functional groups attached to an aromatic ring is 1. The van der Waals surface area contributed by atoms with Crippen molar-refractivity contribution in [3.8, 4) is 0 Å². The molecule has 1 atom stereocenters. The van der Waals surface area contributed by atoms with E-state index in [1.807, 2.05) is 0 Å². The highest BCUT2D eigenvalue weighted by Gasteiger charge is 2.17. The van der Waals surface area contributed by atoms with E-state index < -0.39 is 30.4 Å². The quantitative estimate of drug-likeness (QED) is 0.126. The highest BCUT2D eigenvalue weighted by Crippen LogP contribution is 2.34. The minimum absolute atomic E-state index is 0.0926. The molecule has 2 heterocycles. The predicted molar refractivity (Wildman–Crippen MR) is 137 cm³/mol. The lowest BCUT2D eigenvalue weighted by molar-refractivity contribution is 0.0764. The first-order valence-electron chi connectivity index (χ1n) is 12.1. The molecule has 0 spiro atoms. The van der Waals surface area contributed by atoms with Gasteiger partial charge in [0.2, 0.25) is 0 Å². The van der Waals surface area contributed by atoms with Gasteiger partial charge < -0.3 is 24.8 Å². The number of rotatable bonds is 17. The Morgan fingerprint density at radius 2 is 1.61 bits per heavy atom. The first kappa shape index (κ1) is 32.4. The Kier molecular flexibility index (Phi) is 15.2. The summed E-state index contributed by atoms with van der Waals surface area (Å²) in [5.74, 6) is 0.285. The molecule has 0 aromatic carbocycles. The Hall–Kier alpha value is -1.67. The average molecular weight is 554 g/mol. The average Bonchev–Trinajstić information content (AvgIpc) is 3.19. The van der Waals surface area contributed by atoms with Crippen LogP contribution in [-0.2, 0) is 30.4 Å². The van der Waals surface area contributed by atoms with Gasteiger partial charge in [-0.1, -0.05) is 64.7 Å². The molecule has 0 amide bonds. The molecule has 36 heavy (non-hydrogen) atoms. The minimum Gasteiger partial charge on any atom is -0.382 e. The summed E-state index contributed by atoms with van der Waals surface area (Å²) in [5.41, 5.74) is 6.70. The van der Waals surface area contributed by atoms with Crippen LogP contribution in [0, 0.1) is 0 Å². The van der Waals surface area contributed by atoms with E-state index >= 15 is 0 Å². The van der Waals surface area contributed by atoms with E-state index in [4.69, 9.17) is 24.8 Å². The van der Waals surface area contributed by atoms with Gasteiger partial charge in [-0.05, 0) is 13.3 Å². The molecule has 0 radical (unpaired) electrons. The molecular weight excluding hydrogens is 513 g/mol. The summed E-state index contributed by atoms with van der Waals surface area (Å²) in [4.78, 5) is 29.4. The summed E-state index contributed by atoms with van der Waals surface area (Å²) < 4.78 is 50.5. The van der Waals surface area contributed by atoms with Crippen LogP contribution in [0.15, 0.2) is 12.7 Å². The van der Waals surface area contributed by atoms with Crippen LogP contribution in [0.25, 0.3) is 11.2 Å². The van der Waals surface area contributed by atoms with E-state index in [2.05, 4.69) is 26.1 Å². The molecule has 2 aromatic rings. The van der Waals surface area contributed by atoms with Crippen molar-refractivity contribution in [1.29, 1.82) is 0 Å². The van der Waals surface area contributed by atoms with Crippen molar-refractivity contribution in [2.75, 3.05) is 18.7 Å². The van der Waals surface area contributed by atoms with E-state index in [1.54, 1.807) is 11.5 Å². The number of hydrogen-bond acceptors (Lipinski definition) is 9. The minimum atomic E-state index is -4.23. The lowest BCUT2D eigenvalue weighted by atomic mass is 10.1. The first-order chi connectivity index (χ1) is 16.9. The molecule has 5 N–H and O–H groups in total. The third-order valence-corrected chi connectivity index (χ3v) is 6.09. The van der Waals surface area contributed by atoms with Crippen molar-refractivity contribution in [3.05, 3.63) is 12.7 Å². The van der Waals surface area contributed by atoms with Gasteiger partial charge in [0.25, 0.3) is 0 Å². The Morgan fingerprint density at radius 1 is 1.03 bits per heavy atom. The molecular formula is C21H40N5O8PS. The van der Waals surface area contributed by atoms with Gasteiger partial charge in [-0.15, -0.1) is 0 Å². The van der Waals surface area contributed by atoms with Gasteiger partial charge in [-0.25, -0.2) is 19.1 Å². The Bertz CT molecular complexity index is 1030. The molecule has 13 nitrogen and oxygen atoms in total. The van der Waals surface area contributed by atoms with Gasteiger partial charge in [0, 0.05) is 0 Å². The molecule has 0 fully saturated rings. The summed E-state index contributed by atoms with van der Waals surface area (Å²) in [6, 6.07) is 0. The number of unbranched alkanes of at least 4 members (excludes halogenated alkanes) is 9. The zero-order valence-electron chi connectivity index (χ0n) is 21.0. The topological polar surface area (TPSA) is 200 Å². The fourth-order valence-corrected chi connectivity index (χ4v) is 4.12. The number of anilines is 1. The third-order valence-electron chi connectivity index (χ3n) is 5.14. The third kappa shape index (κ3) is 15.4. The SMILES string of the molecule is CCCCCCCCCCCCOS(=O)(=O)O.C[C@@H](Cn1cnc2c(N)ncnc21)OCP(=O)(O)O. The van der Waals surface area contributed by atoms with E-state index in [0.29, 0.717) is 24.1 Å². The van der Waals surface area contributed by atoms with Crippen LogP contribution >= 0.6 is 7.60 Å². The van der Waals surface area contributed by atoms with Gasteiger partial charge in [0.05, 0.1) is 25.6 Å². The largest absolute Gasteiger partial charge is 0.397 e. The van der Waals surface area contributed by atoms with Crippen LogP contribution in [0.5, 0.6) is 0 Å². The molecule has 0 saturated heterocycles. The molecule has 0 aliphatic rings. The highest BCUT2D eigenvalue weighted by atomic mass is 32.3. The van der Waals surface area contributed by atoms with Crippen LogP contribution in [0.4, 0.5) is 5.82 Å². The summed E-state index contributed by atoms with van der Waals surface area (Å²) >= 11 is 0. The molecule has 0 aliphatic heterocycles. The maximum absolute atomic E-state index is 10.7. The standard InChI is InChI=1S/C12H26O4S.C9H14N5O4P/c1-2-3-4-5-6-7-8-9-10-11-12-16-17(13,14)15;1-6(18-5-19(15,16)17)2-14-4-13-7-8(10)11-3-12-9(7)14/h2-12H2,1H3,(H,13,14,15);3-4,6H,2,5H2,1H3,(H2,10,11,12)(H2,15,16,17)/t;6-/m.0/s1. The van der Waals surface area contributed by atoms with E-state index in [1.165, 1.54) is 57.6 Å². The van der Waals surface area contributed by atoms with Crippen molar-refractivity contribution in [2.45, 2.75) is 90.7 Å². The summed E-state index contributed by atoms with van der Waals surface area (Å²) in [6.45, 7) is 4.36. The Morgan fingerprint density at radius 3 is 2.17 bits per heavy atom. The monoisotopic (exact) mass is 553 g/mol. The zero-order chi connectivity index (χ0) is 27.0. The molecule has 15 heteroatoms. The van der Waals surface area contributed by atoms with Crippen LogP contribution < -0.4 is 5.73 Å². The second kappa shape index (κ2) is 17.0. The van der Waals surface area contributed by atoms with Gasteiger partial charge in [0.15, 0.2) is 11.5 Å². The maximum atomic E-state index is 10.7. The number of aromatic nitrogens is 4. The molecule has 2 aromatic heterocycles. The number of imidazole rings is 1. The molecule has 0 unspecified atom stereocenters. The van der Waals surface area contributed by atoms with Crippen molar-refractivity contribution < 1.29 is 36.2 Å². The van der Waals surface area contributed by atoms with E-state index in [0.717, 1.165) is 12.8 Å². The lowest BCUT2D eigenvalue weighted by Crippen LogP contribution is -2.17. The number of hydrogen-bond donors (Lipinski definition) is 4. The fraction of sp³-hybridized carbons (Fsp3) is 0.762. The number of nitrogens with two attached hydrogens (primary N) is 1. The molecule has 0 bridgehead atoms. The smallest absolute Gasteiger partial charge is 0.382 e. The number of ether oxygens (including phenoxy) is 1. The number of fused-ring (bicyclic) bond motifs is 1. The van der Waals surface area contributed by atoms with Crippen molar-refractivity contribution >= 4 is 35.0 Å². The van der Waals surface area contributed by atoms with Gasteiger partial charge in [0.1, 0.15) is 18.2 Å². The van der Waals surface area contributed by atoms with E-state index in [9.17, 15) is 13.0 Å². The zero-order valence-corrected chi connectivity index (χ0v) is 22.7. The normalized spacial score (nSPS) is 12.9. The lowest BCUT2D eigenvalue weighted by Gasteiger charge is -2.14. The first-order valence-corrected chi connectivity index (χ1v) is 15.3. The molecule has 2 rings (SSSR count). The second-order valence-corrected chi connectivity index (χ2v) is 11.2. The number of nitrogens with zero attached hydrogens (tertiary/aromatic N) is 4. The maximum Gasteiger partial charge on any atom is 0.397 e. The predicted octanol–water partition coefficient (Wildman–Crippen LogP) is 3.68. The second-order valence-electron chi connectivity index (χ2n) is 8.53.